The summed E-state index contributed by atoms with van der Waals surface area (Å²) in [5.41, 5.74) is 1.09. The molecule has 1 saturated carbocycles. The van der Waals surface area contributed by atoms with Crippen molar-refractivity contribution in [3.63, 3.8) is 0 Å². The predicted octanol–water partition coefficient (Wildman–Crippen LogP) is 3.21. The van der Waals surface area contributed by atoms with Crippen LogP contribution in [0.5, 0.6) is 5.88 Å². The molecule has 41 heavy (non-hydrogen) atoms. The number of ether oxygens (including phenoxy) is 1. The van der Waals surface area contributed by atoms with E-state index in [0.29, 0.717) is 41.2 Å². The molecule has 2 N–H and O–H groups in total. The molecule has 2 fully saturated rings. The molecule has 0 radical (unpaired) electrons. The first kappa shape index (κ1) is 29.2. The van der Waals surface area contributed by atoms with Crippen molar-refractivity contribution in [1.82, 2.24) is 30.1 Å². The molecule has 0 spiro atoms. The topological polar surface area (TPSA) is 130 Å². The number of anilines is 1. The normalized spacial score (nSPS) is 17.4. The van der Waals surface area contributed by atoms with E-state index >= 15 is 0 Å². The van der Waals surface area contributed by atoms with Gasteiger partial charge in [-0.3, -0.25) is 24.3 Å². The fourth-order valence-corrected chi connectivity index (χ4v) is 5.99. The molecule has 1 atom stereocenters. The molecule has 1 aliphatic heterocycles. The number of aromatic nitrogens is 3. The average Bonchev–Trinajstić information content (AvgIpc) is 3.68. The van der Waals surface area contributed by atoms with Crippen LogP contribution in [0.3, 0.4) is 0 Å². The monoisotopic (exact) mass is 607 g/mol. The zero-order chi connectivity index (χ0) is 29.0. The summed E-state index contributed by atoms with van der Waals surface area (Å²) in [4.78, 5) is 31.6. The van der Waals surface area contributed by atoms with Crippen LogP contribution in [0.25, 0.3) is 10.6 Å². The van der Waals surface area contributed by atoms with E-state index in [2.05, 4.69) is 30.1 Å². The number of nitrogens with one attached hydrogen (secondary N) is 2. The van der Waals surface area contributed by atoms with Crippen molar-refractivity contribution in [3.8, 4) is 16.5 Å². The summed E-state index contributed by atoms with van der Waals surface area (Å²) in [5.74, 6) is -3.62. The smallest absolute Gasteiger partial charge is 0.355 e. The van der Waals surface area contributed by atoms with E-state index in [1.807, 2.05) is 11.6 Å². The molecule has 3 heterocycles. The minimum absolute atomic E-state index is 0.00936. The number of amides is 1. The standard InChI is InChI=1S/C26H31F2N7O4S2/c1-2-39-23-15-29-13-20(31-23)22-14-30-25(40-22)24(36)32-21(16-34-8-10-35(11-9-34)19-6-7-19)17-4-3-5-18(12-17)33-41(37,38)26(27)28/h3-5,12-15,19,21,26,33H,2,6-11,16H2,1H3,(H,32,36)/t21-/m1/s1. The van der Waals surface area contributed by atoms with Crippen LogP contribution in [0.15, 0.2) is 42.9 Å². The van der Waals surface area contributed by atoms with Crippen molar-refractivity contribution < 1.29 is 26.7 Å². The van der Waals surface area contributed by atoms with Gasteiger partial charge in [-0.25, -0.2) is 18.4 Å². The molecular formula is C26H31F2N7O4S2. The Balaban J connectivity index is 1.34. The van der Waals surface area contributed by atoms with Crippen molar-refractivity contribution in [1.29, 1.82) is 0 Å². The van der Waals surface area contributed by atoms with Gasteiger partial charge in [-0.2, -0.15) is 8.78 Å². The molecule has 2 aromatic heterocycles. The van der Waals surface area contributed by atoms with Gasteiger partial charge in [-0.1, -0.05) is 12.1 Å². The molecule has 0 unspecified atom stereocenters. The largest absolute Gasteiger partial charge is 0.477 e. The Bertz CT molecular complexity index is 1460. The summed E-state index contributed by atoms with van der Waals surface area (Å²) in [5, 5.41) is 3.23. The predicted molar refractivity (Wildman–Crippen MR) is 151 cm³/mol. The van der Waals surface area contributed by atoms with Gasteiger partial charge in [0.15, 0.2) is 5.01 Å². The number of nitrogens with zero attached hydrogens (tertiary/aromatic N) is 5. The zero-order valence-corrected chi connectivity index (χ0v) is 24.0. The van der Waals surface area contributed by atoms with E-state index in [9.17, 15) is 22.0 Å². The van der Waals surface area contributed by atoms with Crippen molar-refractivity contribution in [3.05, 3.63) is 53.4 Å². The number of carbonyl (C=O) groups excluding carboxylic acids is 1. The van der Waals surface area contributed by atoms with Crippen LogP contribution in [-0.2, 0) is 10.0 Å². The third kappa shape index (κ3) is 7.52. The van der Waals surface area contributed by atoms with Gasteiger partial charge in [0, 0.05) is 50.6 Å². The van der Waals surface area contributed by atoms with E-state index in [1.165, 1.54) is 31.2 Å². The quantitative estimate of drug-likeness (QED) is 0.319. The molecular weight excluding hydrogens is 576 g/mol. The van der Waals surface area contributed by atoms with Gasteiger partial charge in [0.2, 0.25) is 5.88 Å². The van der Waals surface area contributed by atoms with Crippen molar-refractivity contribution in [2.24, 2.45) is 0 Å². The number of benzene rings is 1. The third-order valence-corrected chi connectivity index (χ3v) is 8.86. The van der Waals surface area contributed by atoms with Crippen LogP contribution in [0.2, 0.25) is 0 Å². The number of thiazole rings is 1. The molecule has 1 aliphatic carbocycles. The second-order valence-electron chi connectivity index (χ2n) is 9.83. The lowest BCUT2D eigenvalue weighted by Gasteiger charge is -2.36. The molecule has 5 rings (SSSR count). The fraction of sp³-hybridized carbons (Fsp3) is 0.462. The maximum Gasteiger partial charge on any atom is 0.355 e. The Hall–Kier alpha value is -3.27. The molecule has 1 saturated heterocycles. The maximum atomic E-state index is 13.4. The highest BCUT2D eigenvalue weighted by Gasteiger charge is 2.32. The Morgan fingerprint density at radius 1 is 1.17 bits per heavy atom. The summed E-state index contributed by atoms with van der Waals surface area (Å²) >= 11 is 1.15. The second-order valence-corrected chi connectivity index (χ2v) is 12.5. The van der Waals surface area contributed by atoms with E-state index < -0.39 is 27.7 Å². The number of hydrogen-bond acceptors (Lipinski definition) is 10. The number of alkyl halides is 2. The van der Waals surface area contributed by atoms with E-state index in [-0.39, 0.29) is 10.7 Å². The Morgan fingerprint density at radius 2 is 1.95 bits per heavy atom. The second kappa shape index (κ2) is 12.7. The Labute approximate surface area is 241 Å². The van der Waals surface area contributed by atoms with Crippen LogP contribution in [0.1, 0.15) is 41.2 Å². The zero-order valence-electron chi connectivity index (χ0n) is 22.4. The van der Waals surface area contributed by atoms with Gasteiger partial charge < -0.3 is 10.1 Å². The lowest BCUT2D eigenvalue weighted by molar-refractivity contribution is 0.0891. The minimum atomic E-state index is -4.84. The maximum absolute atomic E-state index is 13.4. The van der Waals surface area contributed by atoms with Gasteiger partial charge in [-0.15, -0.1) is 11.3 Å². The highest BCUT2D eigenvalue weighted by atomic mass is 32.2. The molecule has 2 aliphatic rings. The first-order chi connectivity index (χ1) is 19.7. The molecule has 3 aromatic rings. The summed E-state index contributed by atoms with van der Waals surface area (Å²) < 4.78 is 56.8. The van der Waals surface area contributed by atoms with Gasteiger partial charge in [-0.05, 0) is 37.5 Å². The number of sulfonamides is 1. The van der Waals surface area contributed by atoms with Crippen LogP contribution in [0, 0.1) is 0 Å². The Morgan fingerprint density at radius 3 is 2.66 bits per heavy atom. The highest BCUT2D eigenvalue weighted by Crippen LogP contribution is 2.29. The number of carbonyl (C=O) groups is 1. The van der Waals surface area contributed by atoms with Gasteiger partial charge in [0.1, 0.15) is 5.69 Å². The Kier molecular flexibility index (Phi) is 9.06. The van der Waals surface area contributed by atoms with Gasteiger partial charge >= 0.3 is 5.76 Å². The molecule has 15 heteroatoms. The average molecular weight is 608 g/mol. The van der Waals surface area contributed by atoms with Gasteiger partial charge in [0.25, 0.3) is 15.9 Å². The van der Waals surface area contributed by atoms with Crippen LogP contribution in [-0.4, -0.2) is 90.2 Å². The SMILES string of the molecule is CCOc1cncc(-c2cnc(C(=O)N[C@H](CN3CCN(C4CC4)CC3)c3cccc(NS(=O)(=O)C(F)F)c3)s2)n1. The third-order valence-electron chi connectivity index (χ3n) is 6.86. The summed E-state index contributed by atoms with van der Waals surface area (Å²) in [7, 11) is -4.84. The molecule has 220 valence electrons. The van der Waals surface area contributed by atoms with E-state index in [1.54, 1.807) is 24.5 Å². The van der Waals surface area contributed by atoms with Crippen LogP contribution >= 0.6 is 11.3 Å². The fourth-order valence-electron chi connectivity index (χ4n) is 4.67. The van der Waals surface area contributed by atoms with Crippen molar-refractivity contribution in [2.45, 2.75) is 37.6 Å². The van der Waals surface area contributed by atoms with Crippen molar-refractivity contribution >= 4 is 33.0 Å². The van der Waals surface area contributed by atoms with Gasteiger partial charge in [0.05, 0.1) is 29.9 Å². The summed E-state index contributed by atoms with van der Waals surface area (Å²) in [6.07, 6.45) is 7.08. The minimum Gasteiger partial charge on any atom is -0.477 e. The lowest BCUT2D eigenvalue weighted by Crippen LogP contribution is -2.49. The highest BCUT2D eigenvalue weighted by molar-refractivity contribution is 7.93. The van der Waals surface area contributed by atoms with Crippen LogP contribution in [0.4, 0.5) is 14.5 Å². The number of rotatable bonds is 12. The van der Waals surface area contributed by atoms with Crippen LogP contribution < -0.4 is 14.8 Å². The first-order valence-electron chi connectivity index (χ1n) is 13.3. The molecule has 0 bridgehead atoms. The number of halogens is 2. The van der Waals surface area contributed by atoms with E-state index in [4.69, 9.17) is 4.74 Å². The number of hydrogen-bond donors (Lipinski definition) is 2. The molecule has 11 nitrogen and oxygen atoms in total. The summed E-state index contributed by atoms with van der Waals surface area (Å²) in [6.45, 7) is 6.23. The van der Waals surface area contributed by atoms with E-state index in [0.717, 1.165) is 37.5 Å². The number of piperazine rings is 1. The summed E-state index contributed by atoms with van der Waals surface area (Å²) in [6, 6.07) is 6.26. The molecule has 1 amide bonds. The first-order valence-corrected chi connectivity index (χ1v) is 15.7. The van der Waals surface area contributed by atoms with Crippen molar-refractivity contribution in [2.75, 3.05) is 44.1 Å². The molecule has 1 aromatic carbocycles. The lowest BCUT2D eigenvalue weighted by atomic mass is 10.0.